The number of anilines is 3. The van der Waals surface area contributed by atoms with Crippen LogP contribution in [-0.2, 0) is 11.2 Å². The number of thiazole rings is 2. The van der Waals surface area contributed by atoms with Gasteiger partial charge >= 0.3 is 0 Å². The summed E-state index contributed by atoms with van der Waals surface area (Å²) in [6.07, 6.45) is 3.38. The minimum Gasteiger partial charge on any atom is -0.359 e. The van der Waals surface area contributed by atoms with Crippen molar-refractivity contribution in [1.29, 1.82) is 0 Å². The van der Waals surface area contributed by atoms with E-state index in [4.69, 9.17) is 0 Å². The maximum atomic E-state index is 12.2. The zero-order chi connectivity index (χ0) is 17.6. The van der Waals surface area contributed by atoms with Crippen molar-refractivity contribution in [3.8, 4) is 0 Å². The largest absolute Gasteiger partial charge is 0.359 e. The molecule has 0 saturated carbocycles. The summed E-state index contributed by atoms with van der Waals surface area (Å²) >= 11 is 2.52. The molecule has 11 heteroatoms. The predicted molar refractivity (Wildman–Crippen MR) is 95.3 cm³/mol. The van der Waals surface area contributed by atoms with Gasteiger partial charge in [0.15, 0.2) is 10.3 Å². The number of nitrogens with zero attached hydrogens (tertiary/aromatic N) is 4. The van der Waals surface area contributed by atoms with Crippen LogP contribution in [-0.4, -0.2) is 38.8 Å². The molecule has 9 nitrogen and oxygen atoms in total. The van der Waals surface area contributed by atoms with Gasteiger partial charge in [-0.25, -0.2) is 19.9 Å². The van der Waals surface area contributed by atoms with Crippen LogP contribution < -0.4 is 16.0 Å². The van der Waals surface area contributed by atoms with Gasteiger partial charge in [-0.05, 0) is 6.07 Å². The minimum atomic E-state index is -0.376. The lowest BCUT2D eigenvalue weighted by Gasteiger charge is -1.99. The lowest BCUT2D eigenvalue weighted by Crippen LogP contribution is -2.20. The van der Waals surface area contributed by atoms with Crippen LogP contribution in [0.2, 0.25) is 0 Å². The first-order valence-electron chi connectivity index (χ1n) is 7.10. The molecule has 0 fully saturated rings. The molecule has 0 aliphatic heterocycles. The highest BCUT2D eigenvalue weighted by Crippen LogP contribution is 2.21. The molecule has 0 aliphatic carbocycles. The van der Waals surface area contributed by atoms with Crippen molar-refractivity contribution in [2.75, 3.05) is 17.7 Å². The number of carbonyl (C=O) groups is 2. The van der Waals surface area contributed by atoms with Gasteiger partial charge in [-0.2, -0.15) is 0 Å². The molecule has 3 N–H and O–H groups in total. The van der Waals surface area contributed by atoms with E-state index in [-0.39, 0.29) is 23.9 Å². The highest BCUT2D eigenvalue weighted by Gasteiger charge is 2.14. The van der Waals surface area contributed by atoms with E-state index in [0.717, 1.165) is 0 Å². The molecule has 2 amide bonds. The van der Waals surface area contributed by atoms with Crippen LogP contribution >= 0.6 is 22.7 Å². The number of nitrogens with one attached hydrogen (secondary N) is 3. The molecule has 0 aromatic carbocycles. The van der Waals surface area contributed by atoms with Crippen molar-refractivity contribution in [2.45, 2.75) is 6.42 Å². The normalized spacial score (nSPS) is 10.3. The Morgan fingerprint density at radius 1 is 1.08 bits per heavy atom. The second-order valence-electron chi connectivity index (χ2n) is 4.68. The second kappa shape index (κ2) is 7.77. The molecule has 0 atom stereocenters. The molecule has 0 aliphatic rings. The number of likely N-dealkylation sites (N-methyl/N-ethyl adjacent to an activating group) is 1. The minimum absolute atomic E-state index is 0.137. The Hall–Kier alpha value is -2.92. The van der Waals surface area contributed by atoms with Gasteiger partial charge in [0.1, 0.15) is 5.69 Å². The van der Waals surface area contributed by atoms with Gasteiger partial charge in [0.05, 0.1) is 12.1 Å². The zero-order valence-corrected chi connectivity index (χ0v) is 14.6. The van der Waals surface area contributed by atoms with Gasteiger partial charge in [0, 0.05) is 30.2 Å². The number of amides is 2. The van der Waals surface area contributed by atoms with Crippen molar-refractivity contribution in [2.24, 2.45) is 0 Å². The SMILES string of the molecule is CNC(=O)Cc1csc(NC(=O)c2csc(Nc3ncccn3)n2)n1. The standard InChI is InChI=1S/C14H13N7O2S2/c1-15-10(22)5-8-6-24-13(18-8)20-11(23)9-7-25-14(19-9)21-12-16-3-2-4-17-12/h2-4,6-7H,5H2,1H3,(H,15,22)(H,18,20,23)(H,16,17,19,21). The number of aromatic nitrogens is 4. The molecular formula is C14H13N7O2S2. The number of hydrogen-bond donors (Lipinski definition) is 3. The van der Waals surface area contributed by atoms with E-state index in [0.29, 0.717) is 21.9 Å². The molecule has 25 heavy (non-hydrogen) atoms. The number of rotatable bonds is 6. The Labute approximate surface area is 150 Å². The summed E-state index contributed by atoms with van der Waals surface area (Å²) in [6, 6.07) is 1.71. The van der Waals surface area contributed by atoms with Crippen LogP contribution in [0.25, 0.3) is 0 Å². The summed E-state index contributed by atoms with van der Waals surface area (Å²) in [4.78, 5) is 40.0. The molecule has 3 aromatic heterocycles. The van der Waals surface area contributed by atoms with Crippen molar-refractivity contribution in [3.05, 3.63) is 40.6 Å². The fourth-order valence-electron chi connectivity index (χ4n) is 1.75. The van der Waals surface area contributed by atoms with E-state index in [1.165, 1.54) is 22.7 Å². The lowest BCUT2D eigenvalue weighted by atomic mass is 10.3. The van der Waals surface area contributed by atoms with E-state index in [1.54, 1.807) is 36.3 Å². The third-order valence-corrected chi connectivity index (χ3v) is 4.48. The van der Waals surface area contributed by atoms with Gasteiger partial charge < -0.3 is 10.6 Å². The summed E-state index contributed by atoms with van der Waals surface area (Å²) < 4.78 is 0. The van der Waals surface area contributed by atoms with Gasteiger partial charge in [0.25, 0.3) is 5.91 Å². The third-order valence-electron chi connectivity index (χ3n) is 2.91. The lowest BCUT2D eigenvalue weighted by molar-refractivity contribution is -0.120. The van der Waals surface area contributed by atoms with Crippen LogP contribution in [0.1, 0.15) is 16.2 Å². The Balaban J connectivity index is 1.61. The maximum absolute atomic E-state index is 12.2. The van der Waals surface area contributed by atoms with E-state index in [2.05, 4.69) is 35.9 Å². The predicted octanol–water partition coefficient (Wildman–Crippen LogP) is 1.67. The van der Waals surface area contributed by atoms with Gasteiger partial charge in [-0.3, -0.25) is 14.9 Å². The molecule has 0 radical (unpaired) electrons. The van der Waals surface area contributed by atoms with Crippen LogP contribution in [0.15, 0.2) is 29.2 Å². The molecule has 0 bridgehead atoms. The summed E-state index contributed by atoms with van der Waals surface area (Å²) in [6.45, 7) is 0. The number of hydrogen-bond acceptors (Lipinski definition) is 9. The quantitative estimate of drug-likeness (QED) is 0.599. The van der Waals surface area contributed by atoms with E-state index in [1.807, 2.05) is 0 Å². The highest BCUT2D eigenvalue weighted by atomic mass is 32.1. The van der Waals surface area contributed by atoms with Crippen LogP contribution in [0.5, 0.6) is 0 Å². The van der Waals surface area contributed by atoms with E-state index < -0.39 is 0 Å². The molecular weight excluding hydrogens is 362 g/mol. The van der Waals surface area contributed by atoms with Gasteiger partial charge in [-0.1, -0.05) is 0 Å². The first-order valence-corrected chi connectivity index (χ1v) is 8.86. The van der Waals surface area contributed by atoms with Crippen LogP contribution in [0, 0.1) is 0 Å². The molecule has 128 valence electrons. The molecule has 3 heterocycles. The third kappa shape index (κ3) is 4.55. The molecule has 0 saturated heterocycles. The van der Waals surface area contributed by atoms with Crippen molar-refractivity contribution in [3.63, 3.8) is 0 Å². The van der Waals surface area contributed by atoms with Gasteiger partial charge in [0.2, 0.25) is 11.9 Å². The monoisotopic (exact) mass is 375 g/mol. The topological polar surface area (TPSA) is 122 Å². The average Bonchev–Trinajstić information content (AvgIpc) is 3.25. The maximum Gasteiger partial charge on any atom is 0.276 e. The average molecular weight is 375 g/mol. The van der Waals surface area contributed by atoms with E-state index >= 15 is 0 Å². The summed E-state index contributed by atoms with van der Waals surface area (Å²) in [5.74, 6) is -0.108. The second-order valence-corrected chi connectivity index (χ2v) is 6.40. The first-order chi connectivity index (χ1) is 12.1. The fourth-order valence-corrected chi connectivity index (χ4v) is 3.14. The molecule has 3 rings (SSSR count). The van der Waals surface area contributed by atoms with Crippen LogP contribution in [0.3, 0.4) is 0 Å². The van der Waals surface area contributed by atoms with Crippen molar-refractivity contribution in [1.82, 2.24) is 25.3 Å². The van der Waals surface area contributed by atoms with Crippen molar-refractivity contribution >= 4 is 50.7 Å². The summed E-state index contributed by atoms with van der Waals surface area (Å²) in [7, 11) is 1.56. The van der Waals surface area contributed by atoms with Crippen molar-refractivity contribution < 1.29 is 9.59 Å². The fraction of sp³-hybridized carbons (Fsp3) is 0.143. The first kappa shape index (κ1) is 16.9. The van der Waals surface area contributed by atoms with E-state index in [9.17, 15) is 9.59 Å². The molecule has 0 spiro atoms. The number of carbonyl (C=O) groups excluding carboxylic acids is 2. The summed E-state index contributed by atoms with van der Waals surface area (Å²) in [5, 5.41) is 12.4. The zero-order valence-electron chi connectivity index (χ0n) is 13.0. The summed E-state index contributed by atoms with van der Waals surface area (Å²) in [5.41, 5.74) is 0.855. The molecule has 0 unspecified atom stereocenters. The highest BCUT2D eigenvalue weighted by molar-refractivity contribution is 7.14. The smallest absolute Gasteiger partial charge is 0.276 e. The molecule has 3 aromatic rings. The Bertz CT molecular complexity index is 878. The van der Waals surface area contributed by atoms with Crippen LogP contribution in [0.4, 0.5) is 16.2 Å². The Morgan fingerprint density at radius 2 is 1.84 bits per heavy atom. The Morgan fingerprint density at radius 3 is 2.60 bits per heavy atom. The Kier molecular flexibility index (Phi) is 5.26. The van der Waals surface area contributed by atoms with Gasteiger partial charge in [-0.15, -0.1) is 22.7 Å².